The molecule has 21 heavy (non-hydrogen) atoms. The fraction of sp³-hybridized carbons (Fsp3) is 0.500. The van der Waals surface area contributed by atoms with Gasteiger partial charge in [0.15, 0.2) is 0 Å². The Hall–Kier alpha value is -2.31. The van der Waals surface area contributed by atoms with Gasteiger partial charge in [0, 0.05) is 17.8 Å². The van der Waals surface area contributed by atoms with Crippen LogP contribution in [0.5, 0.6) is 0 Å². The first-order chi connectivity index (χ1) is 9.86. The Kier molecular flexibility index (Phi) is 6.45. The average Bonchev–Trinajstić information content (AvgIpc) is 2.40. The molecule has 0 aliphatic rings. The second kappa shape index (κ2) is 8.08. The largest absolute Gasteiger partial charge is 0.210 e. The third-order valence-corrected chi connectivity index (χ3v) is 2.05. The van der Waals surface area contributed by atoms with E-state index in [1.54, 1.807) is 0 Å². The standard InChI is InChI=1S/C18H21N3/c1-13(2)7-10-16-19-17(11-8-14(3)4)21-18(20-16)12-9-15(5)6/h13-15H,1-6H3. The zero-order valence-electron chi connectivity index (χ0n) is 13.6. The number of nitrogens with zero attached hydrogens (tertiary/aromatic N) is 3. The number of aromatic nitrogens is 3. The van der Waals surface area contributed by atoms with Gasteiger partial charge in [-0.05, 0) is 17.8 Å². The molecule has 0 saturated carbocycles. The second-order valence-electron chi connectivity index (χ2n) is 5.58. The average molecular weight is 279 g/mol. The summed E-state index contributed by atoms with van der Waals surface area (Å²) in [4.78, 5) is 12.8. The molecule has 0 bridgehead atoms. The Bertz CT molecular complexity index is 558. The highest BCUT2D eigenvalue weighted by molar-refractivity contribution is 5.32. The Morgan fingerprint density at radius 3 is 0.952 bits per heavy atom. The molecule has 0 aromatic carbocycles. The lowest BCUT2D eigenvalue weighted by Gasteiger charge is -1.96. The van der Waals surface area contributed by atoms with Gasteiger partial charge in [-0.3, -0.25) is 0 Å². The number of rotatable bonds is 0. The van der Waals surface area contributed by atoms with Gasteiger partial charge >= 0.3 is 0 Å². The van der Waals surface area contributed by atoms with E-state index in [4.69, 9.17) is 0 Å². The van der Waals surface area contributed by atoms with Crippen molar-refractivity contribution in [1.82, 2.24) is 15.0 Å². The summed E-state index contributed by atoms with van der Waals surface area (Å²) < 4.78 is 0. The number of hydrogen-bond donors (Lipinski definition) is 0. The third-order valence-electron chi connectivity index (χ3n) is 2.05. The van der Waals surface area contributed by atoms with Crippen LogP contribution < -0.4 is 0 Å². The van der Waals surface area contributed by atoms with Gasteiger partial charge in [0.1, 0.15) is 0 Å². The molecule has 0 amide bonds. The van der Waals surface area contributed by atoms with Crippen molar-refractivity contribution in [2.45, 2.75) is 41.5 Å². The molecule has 1 aromatic heterocycles. The van der Waals surface area contributed by atoms with Gasteiger partial charge in [0.05, 0.1) is 0 Å². The molecule has 0 saturated heterocycles. The highest BCUT2D eigenvalue weighted by atomic mass is 15.0. The zero-order chi connectivity index (χ0) is 15.8. The van der Waals surface area contributed by atoms with E-state index in [0.717, 1.165) is 0 Å². The maximum Gasteiger partial charge on any atom is 0.210 e. The maximum absolute atomic E-state index is 4.27. The van der Waals surface area contributed by atoms with E-state index >= 15 is 0 Å². The van der Waals surface area contributed by atoms with Crippen LogP contribution in [0.15, 0.2) is 0 Å². The smallest absolute Gasteiger partial charge is 0.193 e. The van der Waals surface area contributed by atoms with E-state index < -0.39 is 0 Å². The normalized spacial score (nSPS) is 9.57. The van der Waals surface area contributed by atoms with E-state index in [1.807, 2.05) is 41.5 Å². The van der Waals surface area contributed by atoms with E-state index in [1.165, 1.54) is 0 Å². The summed E-state index contributed by atoms with van der Waals surface area (Å²) in [7, 11) is 0. The minimum atomic E-state index is 0.261. The van der Waals surface area contributed by atoms with Crippen molar-refractivity contribution in [1.29, 1.82) is 0 Å². The van der Waals surface area contributed by atoms with Gasteiger partial charge in [0.25, 0.3) is 0 Å². The minimum absolute atomic E-state index is 0.261. The van der Waals surface area contributed by atoms with Crippen molar-refractivity contribution < 1.29 is 0 Å². The fourth-order valence-corrected chi connectivity index (χ4v) is 1.17. The Labute approximate surface area is 128 Å². The summed E-state index contributed by atoms with van der Waals surface area (Å²) in [6.07, 6.45) is 0. The van der Waals surface area contributed by atoms with Crippen LogP contribution in [0.4, 0.5) is 0 Å². The predicted octanol–water partition coefficient (Wildman–Crippen LogP) is 2.89. The van der Waals surface area contributed by atoms with Crippen molar-refractivity contribution in [3.05, 3.63) is 17.5 Å². The first-order valence-electron chi connectivity index (χ1n) is 7.17. The summed E-state index contributed by atoms with van der Waals surface area (Å²) in [5.41, 5.74) is 0. The van der Waals surface area contributed by atoms with Crippen molar-refractivity contribution >= 4 is 0 Å². The van der Waals surface area contributed by atoms with Crippen molar-refractivity contribution in [3.8, 4) is 35.5 Å². The van der Waals surface area contributed by atoms with Crippen molar-refractivity contribution in [2.24, 2.45) is 17.8 Å². The predicted molar refractivity (Wildman–Crippen MR) is 85.0 cm³/mol. The van der Waals surface area contributed by atoms with Crippen molar-refractivity contribution in [2.75, 3.05) is 0 Å². The molecule has 3 heteroatoms. The first-order valence-corrected chi connectivity index (χ1v) is 7.17. The summed E-state index contributed by atoms with van der Waals surface area (Å²) in [5, 5.41) is 0. The lowest BCUT2D eigenvalue weighted by molar-refractivity contribution is 0.861. The molecule has 0 atom stereocenters. The molecule has 0 unspecified atom stereocenters. The summed E-state index contributed by atoms with van der Waals surface area (Å²) in [5.74, 6) is 20.1. The van der Waals surface area contributed by atoms with E-state index in [2.05, 4.69) is 50.5 Å². The molecule has 0 aliphatic carbocycles. The highest BCUT2D eigenvalue weighted by Gasteiger charge is 2.01. The zero-order valence-corrected chi connectivity index (χ0v) is 13.6. The van der Waals surface area contributed by atoms with E-state index in [9.17, 15) is 0 Å². The van der Waals surface area contributed by atoms with Crippen LogP contribution in [-0.4, -0.2) is 15.0 Å². The van der Waals surface area contributed by atoms with Crippen LogP contribution in [0.25, 0.3) is 0 Å². The van der Waals surface area contributed by atoms with Gasteiger partial charge in [-0.15, -0.1) is 0 Å². The molecule has 1 aromatic rings. The van der Waals surface area contributed by atoms with Crippen molar-refractivity contribution in [3.63, 3.8) is 0 Å². The van der Waals surface area contributed by atoms with Gasteiger partial charge in [-0.2, -0.15) is 15.0 Å². The quantitative estimate of drug-likeness (QED) is 0.685. The molecule has 0 radical (unpaired) electrons. The van der Waals surface area contributed by atoms with Crippen LogP contribution in [0.3, 0.4) is 0 Å². The molecule has 1 rings (SSSR count). The molecular weight excluding hydrogens is 258 g/mol. The monoisotopic (exact) mass is 279 g/mol. The van der Waals surface area contributed by atoms with Gasteiger partial charge < -0.3 is 0 Å². The van der Waals surface area contributed by atoms with E-state index in [-0.39, 0.29) is 17.8 Å². The van der Waals surface area contributed by atoms with Crippen LogP contribution in [0.1, 0.15) is 59.0 Å². The molecule has 1 heterocycles. The van der Waals surface area contributed by atoms with Crippen LogP contribution in [0, 0.1) is 53.3 Å². The first kappa shape index (κ1) is 16.7. The molecule has 0 N–H and O–H groups in total. The summed E-state index contributed by atoms with van der Waals surface area (Å²) >= 11 is 0. The molecule has 108 valence electrons. The second-order valence-corrected chi connectivity index (χ2v) is 5.58. The molecule has 3 nitrogen and oxygen atoms in total. The fourth-order valence-electron chi connectivity index (χ4n) is 1.17. The van der Waals surface area contributed by atoms with Crippen LogP contribution in [0.2, 0.25) is 0 Å². The highest BCUT2D eigenvalue weighted by Crippen LogP contribution is 1.97. The van der Waals surface area contributed by atoms with E-state index in [0.29, 0.717) is 17.5 Å². The minimum Gasteiger partial charge on any atom is -0.193 e. The molecule has 0 spiro atoms. The lowest BCUT2D eigenvalue weighted by Crippen LogP contribution is -2.02. The molecule has 0 aliphatic heterocycles. The lowest BCUT2D eigenvalue weighted by atomic mass is 10.2. The van der Waals surface area contributed by atoms with Gasteiger partial charge in [0.2, 0.25) is 17.5 Å². The van der Waals surface area contributed by atoms with Crippen LogP contribution >= 0.6 is 0 Å². The van der Waals surface area contributed by atoms with Crippen LogP contribution in [-0.2, 0) is 0 Å². The SMILES string of the molecule is CC(C)C#Cc1nc(C#CC(C)C)nc(C#CC(C)C)n1. The summed E-state index contributed by atoms with van der Waals surface area (Å²) in [6, 6.07) is 0. The summed E-state index contributed by atoms with van der Waals surface area (Å²) in [6.45, 7) is 12.1. The van der Waals surface area contributed by atoms with Gasteiger partial charge in [-0.25, -0.2) is 0 Å². The third kappa shape index (κ3) is 7.14. The Balaban J connectivity index is 3.25. The Morgan fingerprint density at radius 2 is 0.762 bits per heavy atom. The molecule has 0 fully saturated rings. The Morgan fingerprint density at radius 1 is 0.524 bits per heavy atom. The van der Waals surface area contributed by atoms with Gasteiger partial charge in [-0.1, -0.05) is 59.3 Å². The number of hydrogen-bond acceptors (Lipinski definition) is 3. The topological polar surface area (TPSA) is 38.7 Å². The maximum atomic E-state index is 4.27. The molecular formula is C18H21N3.